The van der Waals surface area contributed by atoms with Crippen molar-refractivity contribution >= 4 is 5.78 Å². The van der Waals surface area contributed by atoms with E-state index in [0.29, 0.717) is 19.0 Å². The zero-order valence-corrected chi connectivity index (χ0v) is 7.52. The monoisotopic (exact) mass is 156 g/mol. The van der Waals surface area contributed by atoms with Gasteiger partial charge in [-0.1, -0.05) is 20.8 Å². The van der Waals surface area contributed by atoms with Crippen LogP contribution in [0.2, 0.25) is 0 Å². The fourth-order valence-corrected chi connectivity index (χ4v) is 1.48. The molecule has 1 aliphatic rings. The molecule has 0 aliphatic carbocycles. The van der Waals surface area contributed by atoms with Crippen LogP contribution in [-0.4, -0.2) is 19.0 Å². The molecule has 2 nitrogen and oxygen atoms in total. The SMILES string of the molecule is CCC1(C(=O)C(C)C)COC1. The van der Waals surface area contributed by atoms with Gasteiger partial charge in [-0.05, 0) is 6.42 Å². The third kappa shape index (κ3) is 1.32. The largest absolute Gasteiger partial charge is 0.379 e. The van der Waals surface area contributed by atoms with E-state index < -0.39 is 0 Å². The molecule has 0 amide bonds. The lowest BCUT2D eigenvalue weighted by atomic mass is 9.75. The molecular formula is C9H16O2. The summed E-state index contributed by atoms with van der Waals surface area (Å²) in [6, 6.07) is 0. The second-order valence-corrected chi connectivity index (χ2v) is 3.65. The first-order valence-electron chi connectivity index (χ1n) is 4.24. The van der Waals surface area contributed by atoms with Gasteiger partial charge in [0.15, 0.2) is 0 Å². The molecule has 1 fully saturated rings. The molecular weight excluding hydrogens is 140 g/mol. The number of carbonyl (C=O) groups is 1. The Morgan fingerprint density at radius 3 is 2.18 bits per heavy atom. The molecule has 0 bridgehead atoms. The molecule has 0 spiro atoms. The van der Waals surface area contributed by atoms with E-state index in [9.17, 15) is 4.79 Å². The maximum absolute atomic E-state index is 11.6. The van der Waals surface area contributed by atoms with Crippen LogP contribution in [0.4, 0.5) is 0 Å². The van der Waals surface area contributed by atoms with E-state index in [0.717, 1.165) is 6.42 Å². The van der Waals surface area contributed by atoms with Crippen molar-refractivity contribution in [2.75, 3.05) is 13.2 Å². The molecule has 0 aromatic carbocycles. The van der Waals surface area contributed by atoms with Crippen molar-refractivity contribution in [2.45, 2.75) is 27.2 Å². The Bertz CT molecular complexity index is 151. The first-order chi connectivity index (χ1) is 5.12. The Morgan fingerprint density at radius 2 is 2.09 bits per heavy atom. The lowest BCUT2D eigenvalue weighted by Gasteiger charge is -2.40. The van der Waals surface area contributed by atoms with Crippen molar-refractivity contribution in [3.8, 4) is 0 Å². The zero-order chi connectivity index (χ0) is 8.48. The van der Waals surface area contributed by atoms with Crippen molar-refractivity contribution < 1.29 is 9.53 Å². The number of rotatable bonds is 3. The van der Waals surface area contributed by atoms with E-state index in [4.69, 9.17) is 4.74 Å². The average Bonchev–Trinajstić information content (AvgIpc) is 1.86. The summed E-state index contributed by atoms with van der Waals surface area (Å²) in [6.45, 7) is 7.25. The van der Waals surface area contributed by atoms with E-state index in [1.165, 1.54) is 0 Å². The number of hydrogen-bond donors (Lipinski definition) is 0. The number of ketones is 1. The number of carbonyl (C=O) groups excluding carboxylic acids is 1. The molecule has 1 aliphatic heterocycles. The van der Waals surface area contributed by atoms with Crippen molar-refractivity contribution in [3.05, 3.63) is 0 Å². The van der Waals surface area contributed by atoms with Crippen LogP contribution < -0.4 is 0 Å². The minimum Gasteiger partial charge on any atom is -0.379 e. The van der Waals surface area contributed by atoms with Gasteiger partial charge >= 0.3 is 0 Å². The summed E-state index contributed by atoms with van der Waals surface area (Å²) < 4.78 is 5.08. The Labute approximate surface area is 67.9 Å². The Morgan fingerprint density at radius 1 is 1.55 bits per heavy atom. The summed E-state index contributed by atoms with van der Waals surface area (Å²) in [5.74, 6) is 0.519. The quantitative estimate of drug-likeness (QED) is 0.621. The van der Waals surface area contributed by atoms with Crippen molar-refractivity contribution in [2.24, 2.45) is 11.3 Å². The first-order valence-corrected chi connectivity index (χ1v) is 4.24. The van der Waals surface area contributed by atoms with Crippen molar-refractivity contribution in [1.82, 2.24) is 0 Å². The van der Waals surface area contributed by atoms with Crippen LogP contribution in [0.1, 0.15) is 27.2 Å². The minimum atomic E-state index is -0.117. The van der Waals surface area contributed by atoms with Crippen LogP contribution in [-0.2, 0) is 9.53 Å². The molecule has 0 aromatic rings. The maximum Gasteiger partial charge on any atom is 0.146 e. The zero-order valence-electron chi connectivity index (χ0n) is 7.52. The van der Waals surface area contributed by atoms with Gasteiger partial charge in [0, 0.05) is 5.92 Å². The Kier molecular flexibility index (Phi) is 2.33. The number of hydrogen-bond acceptors (Lipinski definition) is 2. The van der Waals surface area contributed by atoms with Gasteiger partial charge in [-0.3, -0.25) is 4.79 Å². The molecule has 0 aromatic heterocycles. The summed E-state index contributed by atoms with van der Waals surface area (Å²) in [6.07, 6.45) is 0.921. The normalized spacial score (nSPS) is 21.5. The molecule has 0 radical (unpaired) electrons. The maximum atomic E-state index is 11.6. The molecule has 0 atom stereocenters. The molecule has 0 saturated carbocycles. The van der Waals surface area contributed by atoms with Gasteiger partial charge in [-0.25, -0.2) is 0 Å². The van der Waals surface area contributed by atoms with Gasteiger partial charge in [-0.2, -0.15) is 0 Å². The number of ether oxygens (including phenoxy) is 1. The highest BCUT2D eigenvalue weighted by Crippen LogP contribution is 2.34. The summed E-state index contributed by atoms with van der Waals surface area (Å²) in [5, 5.41) is 0. The van der Waals surface area contributed by atoms with Crippen LogP contribution in [0, 0.1) is 11.3 Å². The standard InChI is InChI=1S/C9H16O2/c1-4-9(5-11-6-9)8(10)7(2)3/h7H,4-6H2,1-3H3. The first kappa shape index (κ1) is 8.72. The predicted molar refractivity (Wildman–Crippen MR) is 43.4 cm³/mol. The smallest absolute Gasteiger partial charge is 0.146 e. The van der Waals surface area contributed by atoms with Crippen molar-refractivity contribution in [3.63, 3.8) is 0 Å². The van der Waals surface area contributed by atoms with Crippen LogP contribution in [0.5, 0.6) is 0 Å². The average molecular weight is 156 g/mol. The highest BCUT2D eigenvalue weighted by Gasteiger charge is 2.44. The Hall–Kier alpha value is -0.370. The van der Waals surface area contributed by atoms with E-state index in [1.54, 1.807) is 0 Å². The molecule has 0 unspecified atom stereocenters. The third-order valence-corrected chi connectivity index (χ3v) is 2.48. The van der Waals surface area contributed by atoms with Gasteiger partial charge in [0.1, 0.15) is 5.78 Å². The summed E-state index contributed by atoms with van der Waals surface area (Å²) in [5.41, 5.74) is -0.117. The van der Waals surface area contributed by atoms with Gasteiger partial charge in [-0.15, -0.1) is 0 Å². The molecule has 0 N–H and O–H groups in total. The van der Waals surface area contributed by atoms with Crippen LogP contribution in [0.15, 0.2) is 0 Å². The lowest BCUT2D eigenvalue weighted by molar-refractivity contribution is -0.163. The van der Waals surface area contributed by atoms with Crippen LogP contribution >= 0.6 is 0 Å². The molecule has 1 saturated heterocycles. The topological polar surface area (TPSA) is 26.3 Å². The van der Waals surface area contributed by atoms with Gasteiger partial charge < -0.3 is 4.74 Å². The highest BCUT2D eigenvalue weighted by molar-refractivity contribution is 5.87. The van der Waals surface area contributed by atoms with Gasteiger partial charge in [0.2, 0.25) is 0 Å². The van der Waals surface area contributed by atoms with E-state index in [2.05, 4.69) is 6.92 Å². The lowest BCUT2D eigenvalue weighted by Crippen LogP contribution is -2.50. The predicted octanol–water partition coefficient (Wildman–Crippen LogP) is 1.64. The van der Waals surface area contributed by atoms with E-state index in [-0.39, 0.29) is 11.3 Å². The fraction of sp³-hybridized carbons (Fsp3) is 0.889. The van der Waals surface area contributed by atoms with Crippen molar-refractivity contribution in [1.29, 1.82) is 0 Å². The molecule has 11 heavy (non-hydrogen) atoms. The fourth-order valence-electron chi connectivity index (χ4n) is 1.48. The molecule has 64 valence electrons. The second-order valence-electron chi connectivity index (χ2n) is 3.65. The molecule has 1 rings (SSSR count). The van der Waals surface area contributed by atoms with Crippen LogP contribution in [0.25, 0.3) is 0 Å². The minimum absolute atomic E-state index is 0.117. The third-order valence-electron chi connectivity index (χ3n) is 2.48. The van der Waals surface area contributed by atoms with E-state index >= 15 is 0 Å². The van der Waals surface area contributed by atoms with E-state index in [1.807, 2.05) is 13.8 Å². The summed E-state index contributed by atoms with van der Waals surface area (Å²) in [7, 11) is 0. The van der Waals surface area contributed by atoms with Gasteiger partial charge in [0.05, 0.1) is 18.6 Å². The Balaban J connectivity index is 2.62. The van der Waals surface area contributed by atoms with Gasteiger partial charge in [0.25, 0.3) is 0 Å². The summed E-state index contributed by atoms with van der Waals surface area (Å²) >= 11 is 0. The molecule has 1 heterocycles. The molecule has 2 heteroatoms. The van der Waals surface area contributed by atoms with Crippen LogP contribution in [0.3, 0.4) is 0 Å². The highest BCUT2D eigenvalue weighted by atomic mass is 16.5. The second kappa shape index (κ2) is 2.94. The summed E-state index contributed by atoms with van der Waals surface area (Å²) in [4.78, 5) is 11.6. The number of Topliss-reactive ketones (excluding diaryl/α,β-unsaturated/α-hetero) is 1.